The van der Waals surface area contributed by atoms with Gasteiger partial charge in [0.05, 0.1) is 6.54 Å². The summed E-state index contributed by atoms with van der Waals surface area (Å²) in [4.78, 5) is 13.6. The third-order valence-electron chi connectivity index (χ3n) is 3.78. The van der Waals surface area contributed by atoms with Crippen molar-refractivity contribution in [1.29, 1.82) is 0 Å². The first-order valence-electron chi connectivity index (χ1n) is 8.02. The molecule has 0 aliphatic rings. The topological polar surface area (TPSA) is 33.5 Å². The van der Waals surface area contributed by atoms with Gasteiger partial charge >= 0.3 is 0 Å². The zero-order chi connectivity index (χ0) is 16.7. The number of quaternary nitrogens is 1. The van der Waals surface area contributed by atoms with E-state index in [0.717, 1.165) is 41.3 Å². The molecule has 1 unspecified atom stereocenters. The molecule has 0 heterocycles. The maximum Gasteiger partial charge on any atom is 0.279 e. The Hall–Kier alpha value is -1.84. The van der Waals surface area contributed by atoms with E-state index >= 15 is 0 Å². The number of benzene rings is 2. The molecule has 0 aromatic heterocycles. The van der Waals surface area contributed by atoms with Crippen molar-refractivity contribution in [2.75, 3.05) is 18.4 Å². The fourth-order valence-electron chi connectivity index (χ4n) is 2.66. The summed E-state index contributed by atoms with van der Waals surface area (Å²) in [5, 5.41) is 3.75. The summed E-state index contributed by atoms with van der Waals surface area (Å²) >= 11 is 6.05. The van der Waals surface area contributed by atoms with Gasteiger partial charge in [0.15, 0.2) is 6.54 Å². The summed E-state index contributed by atoms with van der Waals surface area (Å²) in [5.74, 6) is 0.0461. The molecule has 0 aliphatic heterocycles. The van der Waals surface area contributed by atoms with Gasteiger partial charge in [0, 0.05) is 16.3 Å². The Balaban J connectivity index is 1.98. The van der Waals surface area contributed by atoms with E-state index < -0.39 is 0 Å². The van der Waals surface area contributed by atoms with E-state index in [1.165, 1.54) is 4.90 Å². The van der Waals surface area contributed by atoms with E-state index in [1.807, 2.05) is 49.4 Å². The van der Waals surface area contributed by atoms with Gasteiger partial charge in [0.25, 0.3) is 5.91 Å². The van der Waals surface area contributed by atoms with Gasteiger partial charge in [-0.1, -0.05) is 48.9 Å². The Morgan fingerprint density at radius 2 is 1.96 bits per heavy atom. The molecule has 122 valence electrons. The molecule has 0 saturated heterocycles. The maximum atomic E-state index is 12.3. The SMILES string of the molecule is CCC[NH+](CC(=O)Nc1ccccc1C)Cc1cccc(Cl)c1. The predicted octanol–water partition coefficient (Wildman–Crippen LogP) is 3.08. The quantitative estimate of drug-likeness (QED) is 0.803. The lowest BCUT2D eigenvalue weighted by atomic mass is 10.2. The Morgan fingerprint density at radius 1 is 1.17 bits per heavy atom. The fourth-order valence-corrected chi connectivity index (χ4v) is 2.88. The number of hydrogen-bond acceptors (Lipinski definition) is 1. The van der Waals surface area contributed by atoms with Crippen LogP contribution in [0.4, 0.5) is 5.69 Å². The van der Waals surface area contributed by atoms with Crippen molar-refractivity contribution in [2.45, 2.75) is 26.8 Å². The molecular formula is C19H24ClN2O+. The average molecular weight is 332 g/mol. The van der Waals surface area contributed by atoms with Gasteiger partial charge in [-0.3, -0.25) is 4.79 Å². The van der Waals surface area contributed by atoms with E-state index in [9.17, 15) is 4.79 Å². The second kappa shape index (κ2) is 8.70. The number of anilines is 1. The molecule has 0 spiro atoms. The summed E-state index contributed by atoms with van der Waals surface area (Å²) in [6, 6.07) is 15.7. The first-order chi connectivity index (χ1) is 11.1. The molecule has 4 heteroatoms. The monoisotopic (exact) mass is 331 g/mol. The summed E-state index contributed by atoms with van der Waals surface area (Å²) in [7, 11) is 0. The average Bonchev–Trinajstić information content (AvgIpc) is 2.50. The van der Waals surface area contributed by atoms with Gasteiger partial charge in [-0.15, -0.1) is 0 Å². The van der Waals surface area contributed by atoms with Gasteiger partial charge in [0.1, 0.15) is 6.54 Å². The zero-order valence-corrected chi connectivity index (χ0v) is 14.5. The lowest BCUT2D eigenvalue weighted by Crippen LogP contribution is -3.11. The van der Waals surface area contributed by atoms with E-state index in [1.54, 1.807) is 0 Å². The van der Waals surface area contributed by atoms with Crippen LogP contribution < -0.4 is 10.2 Å². The normalized spacial score (nSPS) is 12.0. The standard InChI is InChI=1S/C19H23ClN2O/c1-3-11-22(13-16-8-6-9-17(20)12-16)14-19(23)21-18-10-5-4-7-15(18)2/h4-10,12H,3,11,13-14H2,1-2H3,(H,21,23)/p+1. The van der Waals surface area contributed by atoms with Crippen LogP contribution in [0.2, 0.25) is 5.02 Å². The minimum absolute atomic E-state index is 0.0461. The molecule has 3 nitrogen and oxygen atoms in total. The molecule has 0 aliphatic carbocycles. The highest BCUT2D eigenvalue weighted by molar-refractivity contribution is 6.30. The van der Waals surface area contributed by atoms with Crippen molar-refractivity contribution >= 4 is 23.2 Å². The first kappa shape index (κ1) is 17.5. The van der Waals surface area contributed by atoms with Crippen LogP contribution in [0.25, 0.3) is 0 Å². The number of rotatable bonds is 7. The predicted molar refractivity (Wildman–Crippen MR) is 96.0 cm³/mol. The maximum absolute atomic E-state index is 12.3. The van der Waals surface area contributed by atoms with Crippen molar-refractivity contribution in [3.8, 4) is 0 Å². The van der Waals surface area contributed by atoms with E-state index in [4.69, 9.17) is 11.6 Å². The summed E-state index contributed by atoms with van der Waals surface area (Å²) in [6.07, 6.45) is 1.04. The number of aryl methyl sites for hydroxylation is 1. The summed E-state index contributed by atoms with van der Waals surface area (Å²) < 4.78 is 0. The minimum Gasteiger partial charge on any atom is -0.323 e. The Bertz CT molecular complexity index is 657. The van der Waals surface area contributed by atoms with Crippen LogP contribution >= 0.6 is 11.6 Å². The van der Waals surface area contributed by atoms with Crippen LogP contribution in [0.1, 0.15) is 24.5 Å². The van der Waals surface area contributed by atoms with Crippen LogP contribution in [0.5, 0.6) is 0 Å². The molecule has 0 fully saturated rings. The number of nitrogens with one attached hydrogen (secondary N) is 2. The highest BCUT2D eigenvalue weighted by atomic mass is 35.5. The number of carbonyl (C=O) groups excluding carboxylic acids is 1. The summed E-state index contributed by atoms with van der Waals surface area (Å²) in [5.41, 5.74) is 3.12. The molecule has 2 rings (SSSR count). The molecular weight excluding hydrogens is 308 g/mol. The third-order valence-corrected chi connectivity index (χ3v) is 4.01. The van der Waals surface area contributed by atoms with Gasteiger partial charge < -0.3 is 10.2 Å². The van der Waals surface area contributed by atoms with Crippen LogP contribution in [0, 0.1) is 6.92 Å². The number of hydrogen-bond donors (Lipinski definition) is 2. The first-order valence-corrected chi connectivity index (χ1v) is 8.39. The summed E-state index contributed by atoms with van der Waals surface area (Å²) in [6.45, 7) is 6.34. The van der Waals surface area contributed by atoms with Crippen LogP contribution in [-0.4, -0.2) is 19.0 Å². The second-order valence-electron chi connectivity index (χ2n) is 5.85. The van der Waals surface area contributed by atoms with Crippen molar-refractivity contribution in [1.82, 2.24) is 0 Å². The Labute approximate surface area is 143 Å². The molecule has 1 atom stereocenters. The molecule has 23 heavy (non-hydrogen) atoms. The Kier molecular flexibility index (Phi) is 6.63. The lowest BCUT2D eigenvalue weighted by Gasteiger charge is -2.19. The number of halogens is 1. The van der Waals surface area contributed by atoms with Crippen LogP contribution in [0.15, 0.2) is 48.5 Å². The molecule has 1 amide bonds. The van der Waals surface area contributed by atoms with E-state index in [2.05, 4.69) is 18.3 Å². The van der Waals surface area contributed by atoms with Crippen molar-refractivity contribution in [3.63, 3.8) is 0 Å². The van der Waals surface area contributed by atoms with Crippen molar-refractivity contribution < 1.29 is 9.69 Å². The van der Waals surface area contributed by atoms with Gasteiger partial charge in [0.2, 0.25) is 0 Å². The largest absolute Gasteiger partial charge is 0.323 e. The molecule has 2 N–H and O–H groups in total. The third kappa shape index (κ3) is 5.70. The van der Waals surface area contributed by atoms with Crippen LogP contribution in [-0.2, 0) is 11.3 Å². The van der Waals surface area contributed by atoms with Gasteiger partial charge in [-0.2, -0.15) is 0 Å². The van der Waals surface area contributed by atoms with Crippen LogP contribution in [0.3, 0.4) is 0 Å². The van der Waals surface area contributed by atoms with Gasteiger partial charge in [-0.05, 0) is 37.1 Å². The number of para-hydroxylation sites is 1. The Morgan fingerprint density at radius 3 is 2.65 bits per heavy atom. The lowest BCUT2D eigenvalue weighted by molar-refractivity contribution is -0.905. The molecule has 2 aromatic rings. The molecule has 0 radical (unpaired) electrons. The van der Waals surface area contributed by atoms with Crippen molar-refractivity contribution in [2.24, 2.45) is 0 Å². The van der Waals surface area contributed by atoms with Crippen molar-refractivity contribution in [3.05, 3.63) is 64.7 Å². The fraction of sp³-hybridized carbons (Fsp3) is 0.316. The number of carbonyl (C=O) groups is 1. The zero-order valence-electron chi connectivity index (χ0n) is 13.7. The highest BCUT2D eigenvalue weighted by Gasteiger charge is 2.15. The smallest absolute Gasteiger partial charge is 0.279 e. The second-order valence-corrected chi connectivity index (χ2v) is 6.28. The number of amides is 1. The molecule has 0 saturated carbocycles. The minimum atomic E-state index is 0.0461. The molecule has 2 aromatic carbocycles. The van der Waals surface area contributed by atoms with Gasteiger partial charge in [-0.25, -0.2) is 0 Å². The highest BCUT2D eigenvalue weighted by Crippen LogP contribution is 2.12. The molecule has 0 bridgehead atoms. The van der Waals surface area contributed by atoms with E-state index in [-0.39, 0.29) is 5.91 Å². The van der Waals surface area contributed by atoms with E-state index in [0.29, 0.717) is 6.54 Å².